The van der Waals surface area contributed by atoms with Crippen LogP contribution in [0.1, 0.15) is 37.7 Å². The summed E-state index contributed by atoms with van der Waals surface area (Å²) in [7, 11) is 0. The lowest BCUT2D eigenvalue weighted by Crippen LogP contribution is -2.23. The maximum absolute atomic E-state index is 14.9. The van der Waals surface area contributed by atoms with Crippen LogP contribution in [0.25, 0.3) is 22.3 Å². The molecular formula is C28H26F4O2. The minimum Gasteiger partial charge on any atom is -0.490 e. The number of rotatable bonds is 7. The molecule has 34 heavy (non-hydrogen) atoms. The fourth-order valence-electron chi connectivity index (χ4n) is 4.18. The van der Waals surface area contributed by atoms with Crippen LogP contribution in [0.4, 0.5) is 17.6 Å². The highest BCUT2D eigenvalue weighted by Gasteiger charge is 2.25. The average Bonchev–Trinajstić information content (AvgIpc) is 2.85. The van der Waals surface area contributed by atoms with Gasteiger partial charge >= 0.3 is 0 Å². The summed E-state index contributed by atoms with van der Waals surface area (Å²) >= 11 is 0. The van der Waals surface area contributed by atoms with Crippen LogP contribution in [0.3, 0.4) is 0 Å². The van der Waals surface area contributed by atoms with E-state index in [1.807, 2.05) is 6.92 Å². The predicted octanol–water partition coefficient (Wildman–Crippen LogP) is 7.81. The Morgan fingerprint density at radius 2 is 1.47 bits per heavy atom. The van der Waals surface area contributed by atoms with Gasteiger partial charge in [-0.3, -0.25) is 0 Å². The number of hydrogen-bond donors (Lipinski definition) is 0. The highest BCUT2D eigenvalue weighted by molar-refractivity contribution is 5.71. The van der Waals surface area contributed by atoms with E-state index >= 15 is 0 Å². The fraction of sp³-hybridized carbons (Fsp3) is 0.286. The summed E-state index contributed by atoms with van der Waals surface area (Å²) in [5.41, 5.74) is 1.32. The molecule has 2 nitrogen and oxygen atoms in total. The van der Waals surface area contributed by atoms with E-state index in [1.165, 1.54) is 12.1 Å². The Bertz CT molecular complexity index is 1170. The Hall–Kier alpha value is -3.12. The van der Waals surface area contributed by atoms with Crippen molar-refractivity contribution >= 4 is 0 Å². The first-order chi connectivity index (χ1) is 16.4. The van der Waals surface area contributed by atoms with Crippen molar-refractivity contribution in [3.05, 3.63) is 90.0 Å². The number of hydrogen-bond acceptors (Lipinski definition) is 2. The normalized spacial score (nSPS) is 18.0. The van der Waals surface area contributed by atoms with Gasteiger partial charge in [-0.15, -0.1) is 6.58 Å². The van der Waals surface area contributed by atoms with Gasteiger partial charge in [0, 0.05) is 17.0 Å². The van der Waals surface area contributed by atoms with Crippen molar-refractivity contribution in [2.45, 2.75) is 38.2 Å². The first-order valence-electron chi connectivity index (χ1n) is 11.3. The fourth-order valence-corrected chi connectivity index (χ4v) is 4.18. The van der Waals surface area contributed by atoms with Crippen LogP contribution in [-0.2, 0) is 4.74 Å². The molecule has 2 unspecified atom stereocenters. The molecular weight excluding hydrogens is 444 g/mol. The van der Waals surface area contributed by atoms with E-state index in [9.17, 15) is 17.6 Å². The molecule has 4 rings (SSSR count). The molecule has 2 atom stereocenters. The summed E-state index contributed by atoms with van der Waals surface area (Å²) in [6.45, 7) is 6.08. The van der Waals surface area contributed by atoms with Crippen LogP contribution in [0.15, 0.2) is 61.2 Å². The van der Waals surface area contributed by atoms with Gasteiger partial charge in [-0.05, 0) is 55.0 Å². The van der Waals surface area contributed by atoms with Gasteiger partial charge in [0.1, 0.15) is 0 Å². The van der Waals surface area contributed by atoms with Gasteiger partial charge in [-0.2, -0.15) is 4.39 Å². The molecule has 0 aliphatic carbocycles. The second-order valence-corrected chi connectivity index (χ2v) is 8.49. The van der Waals surface area contributed by atoms with Crippen LogP contribution in [0, 0.1) is 23.3 Å². The Labute approximate surface area is 196 Å². The largest absolute Gasteiger partial charge is 0.490 e. The van der Waals surface area contributed by atoms with E-state index in [2.05, 4.69) is 6.58 Å². The molecule has 0 aromatic heterocycles. The van der Waals surface area contributed by atoms with Gasteiger partial charge < -0.3 is 9.47 Å². The third-order valence-electron chi connectivity index (χ3n) is 6.19. The maximum Gasteiger partial charge on any atom is 0.201 e. The molecule has 1 heterocycles. The molecule has 0 amide bonds. The van der Waals surface area contributed by atoms with Gasteiger partial charge in [-0.1, -0.05) is 42.5 Å². The van der Waals surface area contributed by atoms with Crippen LogP contribution in [0.5, 0.6) is 5.75 Å². The van der Waals surface area contributed by atoms with Gasteiger partial charge in [0.15, 0.2) is 23.2 Å². The van der Waals surface area contributed by atoms with Crippen molar-refractivity contribution in [1.82, 2.24) is 0 Å². The Kier molecular flexibility index (Phi) is 7.37. The maximum atomic E-state index is 14.9. The highest BCUT2D eigenvalue weighted by Crippen LogP contribution is 2.35. The van der Waals surface area contributed by atoms with E-state index in [0.717, 1.165) is 12.8 Å². The first-order valence-corrected chi connectivity index (χ1v) is 11.3. The minimum atomic E-state index is -1.07. The van der Waals surface area contributed by atoms with Crippen molar-refractivity contribution in [2.75, 3.05) is 13.2 Å². The zero-order valence-corrected chi connectivity index (χ0v) is 18.9. The van der Waals surface area contributed by atoms with E-state index < -0.39 is 23.3 Å². The Morgan fingerprint density at radius 1 is 0.853 bits per heavy atom. The smallest absolute Gasteiger partial charge is 0.201 e. The molecule has 6 heteroatoms. The molecule has 1 aliphatic rings. The third-order valence-corrected chi connectivity index (χ3v) is 6.19. The van der Waals surface area contributed by atoms with Gasteiger partial charge in [0.05, 0.1) is 19.3 Å². The van der Waals surface area contributed by atoms with Crippen LogP contribution < -0.4 is 4.74 Å². The van der Waals surface area contributed by atoms with Crippen molar-refractivity contribution in [3.8, 4) is 28.0 Å². The zero-order chi connectivity index (χ0) is 24.2. The van der Waals surface area contributed by atoms with Crippen molar-refractivity contribution < 1.29 is 27.0 Å². The standard InChI is InChI=1S/C28H26F4O2/c1-3-4-15-33-24-14-13-22(27(31)28(24)32)19-9-7-18(8-10-19)21-11-12-23(26(30)25(21)29)20-6-5-17(2)34-16-20/h3,7-14,17,20H,1,4-6,15-16H2,2H3. The molecule has 178 valence electrons. The predicted molar refractivity (Wildman–Crippen MR) is 125 cm³/mol. The summed E-state index contributed by atoms with van der Waals surface area (Å²) < 4.78 is 69.7. The second-order valence-electron chi connectivity index (χ2n) is 8.49. The van der Waals surface area contributed by atoms with E-state index in [1.54, 1.807) is 42.5 Å². The lowest BCUT2D eigenvalue weighted by atomic mass is 9.89. The molecule has 0 spiro atoms. The van der Waals surface area contributed by atoms with Crippen LogP contribution in [0.2, 0.25) is 0 Å². The van der Waals surface area contributed by atoms with E-state index in [4.69, 9.17) is 9.47 Å². The summed E-state index contributed by atoms with van der Waals surface area (Å²) in [6.07, 6.45) is 3.80. The van der Waals surface area contributed by atoms with Crippen molar-refractivity contribution in [1.29, 1.82) is 0 Å². The lowest BCUT2D eigenvalue weighted by molar-refractivity contribution is 0.0147. The molecule has 0 radical (unpaired) electrons. The molecule has 3 aromatic carbocycles. The molecule has 0 bridgehead atoms. The second kappa shape index (κ2) is 10.4. The Morgan fingerprint density at radius 3 is 2.06 bits per heavy atom. The monoisotopic (exact) mass is 470 g/mol. The van der Waals surface area contributed by atoms with Gasteiger partial charge in [-0.25, -0.2) is 13.2 Å². The molecule has 3 aromatic rings. The lowest BCUT2D eigenvalue weighted by Gasteiger charge is -2.27. The molecule has 1 saturated heterocycles. The van der Waals surface area contributed by atoms with E-state index in [0.29, 0.717) is 29.7 Å². The summed E-state index contributed by atoms with van der Waals surface area (Å²) in [4.78, 5) is 0. The first kappa shape index (κ1) is 24.0. The van der Waals surface area contributed by atoms with Gasteiger partial charge in [0.2, 0.25) is 5.82 Å². The Balaban J connectivity index is 1.57. The quantitative estimate of drug-likeness (QED) is 0.199. The highest BCUT2D eigenvalue weighted by atomic mass is 19.2. The molecule has 1 aliphatic heterocycles. The van der Waals surface area contributed by atoms with Gasteiger partial charge in [0.25, 0.3) is 0 Å². The average molecular weight is 471 g/mol. The number of benzene rings is 3. The molecule has 0 N–H and O–H groups in total. The van der Waals surface area contributed by atoms with E-state index in [-0.39, 0.29) is 35.5 Å². The topological polar surface area (TPSA) is 18.5 Å². The van der Waals surface area contributed by atoms with Crippen LogP contribution in [-0.4, -0.2) is 19.3 Å². The SMILES string of the molecule is C=CCCOc1ccc(-c2ccc(-c3ccc(C4CCC(C)OC4)c(F)c3F)cc2)c(F)c1F. The van der Waals surface area contributed by atoms with Crippen LogP contribution >= 0.6 is 0 Å². The third kappa shape index (κ3) is 4.87. The van der Waals surface area contributed by atoms with Crippen molar-refractivity contribution in [3.63, 3.8) is 0 Å². The molecule has 1 fully saturated rings. The number of halogens is 4. The minimum absolute atomic E-state index is 0.0497. The van der Waals surface area contributed by atoms with Crippen molar-refractivity contribution in [2.24, 2.45) is 0 Å². The molecule has 0 saturated carbocycles. The summed E-state index contributed by atoms with van der Waals surface area (Å²) in [6, 6.07) is 12.2. The zero-order valence-electron chi connectivity index (χ0n) is 18.9. The summed E-state index contributed by atoms with van der Waals surface area (Å²) in [5.74, 6) is -4.25. The number of ether oxygens (including phenoxy) is 2. The summed E-state index contributed by atoms with van der Waals surface area (Å²) in [5, 5.41) is 0.